The zero-order valence-corrected chi connectivity index (χ0v) is 8.26. The van der Waals surface area contributed by atoms with Crippen molar-refractivity contribution in [1.82, 2.24) is 5.32 Å². The Balaban J connectivity index is 2.22. The fourth-order valence-electron chi connectivity index (χ4n) is 1.77. The Morgan fingerprint density at radius 2 is 2.00 bits per heavy atom. The van der Waals surface area contributed by atoms with E-state index in [4.69, 9.17) is 0 Å². The van der Waals surface area contributed by atoms with E-state index in [-0.39, 0.29) is 5.82 Å². The average Bonchev–Trinajstić information content (AvgIpc) is 2.19. The molecular weight excluding hydrogens is 177 g/mol. The minimum absolute atomic E-state index is 0.170. The summed E-state index contributed by atoms with van der Waals surface area (Å²) in [5.41, 5.74) is 2.45. The SMILES string of the molecule is CC1CC(c2ccc(F)cc2)=CCN1. The molecule has 14 heavy (non-hydrogen) atoms. The molecule has 1 aromatic rings. The maximum absolute atomic E-state index is 12.7. The molecule has 1 N–H and O–H groups in total. The van der Waals surface area contributed by atoms with E-state index < -0.39 is 0 Å². The molecule has 1 aliphatic heterocycles. The van der Waals surface area contributed by atoms with Gasteiger partial charge in [0.05, 0.1) is 0 Å². The lowest BCUT2D eigenvalue weighted by molar-refractivity contribution is 0.579. The highest BCUT2D eigenvalue weighted by Gasteiger charge is 2.11. The van der Waals surface area contributed by atoms with E-state index in [0.29, 0.717) is 6.04 Å². The molecule has 0 radical (unpaired) electrons. The standard InChI is InChI=1S/C12H14FN/c1-9-8-11(6-7-14-9)10-2-4-12(13)5-3-10/h2-6,9,14H,7-8H2,1H3. The largest absolute Gasteiger partial charge is 0.310 e. The van der Waals surface area contributed by atoms with E-state index in [1.807, 2.05) is 12.1 Å². The van der Waals surface area contributed by atoms with Gasteiger partial charge in [-0.2, -0.15) is 0 Å². The van der Waals surface area contributed by atoms with Crippen molar-refractivity contribution in [3.8, 4) is 0 Å². The van der Waals surface area contributed by atoms with Gasteiger partial charge in [-0.25, -0.2) is 4.39 Å². The van der Waals surface area contributed by atoms with Gasteiger partial charge in [-0.05, 0) is 36.6 Å². The number of hydrogen-bond donors (Lipinski definition) is 1. The maximum atomic E-state index is 12.7. The Morgan fingerprint density at radius 3 is 2.64 bits per heavy atom. The summed E-state index contributed by atoms with van der Waals surface area (Å²) in [5.74, 6) is -0.170. The Kier molecular flexibility index (Phi) is 2.64. The Bertz CT molecular complexity index is 340. The third kappa shape index (κ3) is 2.02. The number of halogens is 1. The summed E-state index contributed by atoms with van der Waals surface area (Å²) in [6, 6.07) is 7.24. The zero-order valence-electron chi connectivity index (χ0n) is 8.26. The van der Waals surface area contributed by atoms with Crippen LogP contribution in [0.5, 0.6) is 0 Å². The highest BCUT2D eigenvalue weighted by Crippen LogP contribution is 2.22. The molecule has 0 spiro atoms. The summed E-state index contributed by atoms with van der Waals surface area (Å²) < 4.78 is 12.7. The fourth-order valence-corrected chi connectivity index (χ4v) is 1.77. The molecule has 74 valence electrons. The van der Waals surface area contributed by atoms with E-state index in [1.54, 1.807) is 0 Å². The van der Waals surface area contributed by atoms with E-state index in [9.17, 15) is 4.39 Å². The van der Waals surface area contributed by atoms with Crippen LogP contribution >= 0.6 is 0 Å². The predicted molar refractivity (Wildman–Crippen MR) is 56.5 cm³/mol. The van der Waals surface area contributed by atoms with Crippen molar-refractivity contribution in [2.45, 2.75) is 19.4 Å². The molecule has 0 fully saturated rings. The molecule has 1 heterocycles. The number of rotatable bonds is 1. The molecule has 0 saturated carbocycles. The predicted octanol–water partition coefficient (Wildman–Crippen LogP) is 2.59. The molecule has 1 atom stereocenters. The maximum Gasteiger partial charge on any atom is 0.123 e. The summed E-state index contributed by atoms with van der Waals surface area (Å²) in [6.07, 6.45) is 3.19. The topological polar surface area (TPSA) is 12.0 Å². The molecule has 0 amide bonds. The van der Waals surface area contributed by atoms with Crippen molar-refractivity contribution < 1.29 is 4.39 Å². The average molecular weight is 191 g/mol. The van der Waals surface area contributed by atoms with Crippen molar-refractivity contribution in [2.24, 2.45) is 0 Å². The highest BCUT2D eigenvalue weighted by atomic mass is 19.1. The van der Waals surface area contributed by atoms with Gasteiger partial charge in [0.2, 0.25) is 0 Å². The lowest BCUT2D eigenvalue weighted by Crippen LogP contribution is -2.29. The highest BCUT2D eigenvalue weighted by molar-refractivity contribution is 5.66. The van der Waals surface area contributed by atoms with Crippen LogP contribution in [-0.4, -0.2) is 12.6 Å². The van der Waals surface area contributed by atoms with Gasteiger partial charge in [0.1, 0.15) is 5.82 Å². The van der Waals surface area contributed by atoms with Crippen LogP contribution in [-0.2, 0) is 0 Å². The van der Waals surface area contributed by atoms with Crippen LogP contribution in [0.15, 0.2) is 30.3 Å². The first-order valence-corrected chi connectivity index (χ1v) is 4.94. The van der Waals surface area contributed by atoms with Gasteiger partial charge in [0.25, 0.3) is 0 Å². The third-order valence-corrected chi connectivity index (χ3v) is 2.56. The van der Waals surface area contributed by atoms with Crippen molar-refractivity contribution in [3.05, 3.63) is 41.7 Å². The number of nitrogens with one attached hydrogen (secondary N) is 1. The number of hydrogen-bond acceptors (Lipinski definition) is 1. The van der Waals surface area contributed by atoms with Crippen LogP contribution in [0, 0.1) is 5.82 Å². The van der Waals surface area contributed by atoms with Gasteiger partial charge in [0.15, 0.2) is 0 Å². The van der Waals surface area contributed by atoms with E-state index in [1.165, 1.54) is 17.7 Å². The summed E-state index contributed by atoms with van der Waals surface area (Å²) in [4.78, 5) is 0. The van der Waals surface area contributed by atoms with Crippen LogP contribution in [0.2, 0.25) is 0 Å². The van der Waals surface area contributed by atoms with Gasteiger partial charge in [-0.1, -0.05) is 18.2 Å². The van der Waals surface area contributed by atoms with Crippen LogP contribution in [0.1, 0.15) is 18.9 Å². The van der Waals surface area contributed by atoms with Crippen molar-refractivity contribution in [1.29, 1.82) is 0 Å². The lowest BCUT2D eigenvalue weighted by atomic mass is 9.96. The quantitative estimate of drug-likeness (QED) is 0.719. The third-order valence-electron chi connectivity index (χ3n) is 2.56. The summed E-state index contributed by atoms with van der Waals surface area (Å²) >= 11 is 0. The number of benzene rings is 1. The van der Waals surface area contributed by atoms with Crippen molar-refractivity contribution in [3.63, 3.8) is 0 Å². The van der Waals surface area contributed by atoms with Gasteiger partial charge < -0.3 is 5.32 Å². The zero-order chi connectivity index (χ0) is 9.97. The van der Waals surface area contributed by atoms with Gasteiger partial charge in [-0.3, -0.25) is 0 Å². The van der Waals surface area contributed by atoms with E-state index in [2.05, 4.69) is 18.3 Å². The Hall–Kier alpha value is -1.15. The summed E-state index contributed by atoms with van der Waals surface area (Å²) in [7, 11) is 0. The molecule has 2 rings (SSSR count). The van der Waals surface area contributed by atoms with E-state index >= 15 is 0 Å². The molecule has 0 bridgehead atoms. The minimum atomic E-state index is -0.170. The second-order valence-corrected chi connectivity index (χ2v) is 3.75. The Labute approximate surface area is 83.6 Å². The van der Waals surface area contributed by atoms with Crippen LogP contribution < -0.4 is 5.32 Å². The first-order valence-electron chi connectivity index (χ1n) is 4.94. The van der Waals surface area contributed by atoms with Crippen molar-refractivity contribution in [2.75, 3.05) is 6.54 Å². The molecular formula is C12H14FN. The van der Waals surface area contributed by atoms with Crippen molar-refractivity contribution >= 4 is 5.57 Å². The van der Waals surface area contributed by atoms with Crippen LogP contribution in [0.25, 0.3) is 5.57 Å². The first kappa shape index (κ1) is 9.41. The summed E-state index contributed by atoms with van der Waals surface area (Å²) in [6.45, 7) is 3.07. The molecule has 0 saturated heterocycles. The molecule has 1 aliphatic rings. The second-order valence-electron chi connectivity index (χ2n) is 3.75. The summed E-state index contributed by atoms with van der Waals surface area (Å²) in [5, 5.41) is 3.34. The first-order chi connectivity index (χ1) is 6.75. The smallest absolute Gasteiger partial charge is 0.123 e. The van der Waals surface area contributed by atoms with Gasteiger partial charge >= 0.3 is 0 Å². The van der Waals surface area contributed by atoms with Gasteiger partial charge in [-0.15, -0.1) is 0 Å². The minimum Gasteiger partial charge on any atom is -0.310 e. The molecule has 1 nitrogen and oxygen atoms in total. The van der Waals surface area contributed by atoms with E-state index in [0.717, 1.165) is 18.5 Å². The van der Waals surface area contributed by atoms with Crippen LogP contribution in [0.3, 0.4) is 0 Å². The molecule has 2 heteroatoms. The molecule has 1 unspecified atom stereocenters. The fraction of sp³-hybridized carbons (Fsp3) is 0.333. The monoisotopic (exact) mass is 191 g/mol. The Morgan fingerprint density at radius 1 is 1.29 bits per heavy atom. The van der Waals surface area contributed by atoms with Gasteiger partial charge in [0, 0.05) is 12.6 Å². The normalized spacial score (nSPS) is 21.9. The molecule has 0 aromatic heterocycles. The molecule has 0 aliphatic carbocycles. The lowest BCUT2D eigenvalue weighted by Gasteiger charge is -2.20. The second kappa shape index (κ2) is 3.93. The molecule has 1 aromatic carbocycles. The van der Waals surface area contributed by atoms with Crippen LogP contribution in [0.4, 0.5) is 4.39 Å².